The fraction of sp³-hybridized carbons (Fsp3) is 0.0714. The average Bonchev–Trinajstić information content (AvgIpc) is 2.46. The minimum atomic E-state index is -0.559. The van der Waals surface area contributed by atoms with Gasteiger partial charge in [0.25, 0.3) is 11.6 Å². The summed E-state index contributed by atoms with van der Waals surface area (Å²) >= 11 is 0. The minimum Gasteiger partial charge on any atom is -0.348 e. The Morgan fingerprint density at radius 2 is 1.90 bits per heavy atom. The lowest BCUT2D eigenvalue weighted by Gasteiger charge is -2.05. The van der Waals surface area contributed by atoms with Gasteiger partial charge in [0.2, 0.25) is 0 Å². The number of carbonyl (C=O) groups is 1. The summed E-state index contributed by atoms with van der Waals surface area (Å²) in [4.78, 5) is 21.9. The first-order valence-electron chi connectivity index (χ1n) is 5.83. The van der Waals surface area contributed by atoms with E-state index in [1.165, 1.54) is 36.4 Å². The molecule has 0 aromatic heterocycles. The summed E-state index contributed by atoms with van der Waals surface area (Å²) in [5.41, 5.74) is 0.811. The van der Waals surface area contributed by atoms with Gasteiger partial charge in [-0.2, -0.15) is 0 Å². The molecule has 0 fully saturated rings. The second-order valence-electron chi connectivity index (χ2n) is 4.12. The molecule has 0 unspecified atom stereocenters. The summed E-state index contributed by atoms with van der Waals surface area (Å²) in [6, 6.07) is 11.2. The third-order valence-electron chi connectivity index (χ3n) is 2.69. The first kappa shape index (κ1) is 13.7. The third-order valence-corrected chi connectivity index (χ3v) is 2.69. The van der Waals surface area contributed by atoms with Gasteiger partial charge < -0.3 is 5.32 Å². The molecule has 5 nitrogen and oxygen atoms in total. The molecule has 0 spiro atoms. The monoisotopic (exact) mass is 274 g/mol. The van der Waals surface area contributed by atoms with Gasteiger partial charge in [0.1, 0.15) is 5.82 Å². The second kappa shape index (κ2) is 5.92. The van der Waals surface area contributed by atoms with Crippen LogP contribution in [0.1, 0.15) is 15.9 Å². The fourth-order valence-electron chi connectivity index (χ4n) is 1.65. The lowest BCUT2D eigenvalue weighted by atomic mass is 10.1. The quantitative estimate of drug-likeness (QED) is 0.688. The number of rotatable bonds is 4. The van der Waals surface area contributed by atoms with Gasteiger partial charge in [-0.15, -0.1) is 0 Å². The molecule has 6 heteroatoms. The Morgan fingerprint density at radius 1 is 1.20 bits per heavy atom. The van der Waals surface area contributed by atoms with Crippen LogP contribution in [0.5, 0.6) is 0 Å². The number of nitrogens with one attached hydrogen (secondary N) is 1. The van der Waals surface area contributed by atoms with Gasteiger partial charge in [0.15, 0.2) is 0 Å². The van der Waals surface area contributed by atoms with Crippen LogP contribution in [-0.2, 0) is 6.54 Å². The molecule has 0 bridgehead atoms. The molecule has 20 heavy (non-hydrogen) atoms. The Balaban J connectivity index is 2.03. The normalized spacial score (nSPS) is 10.1. The maximum Gasteiger partial charge on any atom is 0.270 e. The third kappa shape index (κ3) is 3.38. The number of amides is 1. The standard InChI is InChI=1S/C14H11FN2O3/c15-12-6-4-10(5-7-12)9-16-14(18)11-2-1-3-13(8-11)17(19)20/h1-8H,9H2,(H,16,18). The highest BCUT2D eigenvalue weighted by atomic mass is 19.1. The predicted molar refractivity (Wildman–Crippen MR) is 70.7 cm³/mol. The van der Waals surface area contributed by atoms with Crippen molar-refractivity contribution in [3.05, 3.63) is 75.6 Å². The summed E-state index contributed by atoms with van der Waals surface area (Å²) < 4.78 is 12.7. The SMILES string of the molecule is O=C(NCc1ccc(F)cc1)c1cccc([N+](=O)[O-])c1. The van der Waals surface area contributed by atoms with Gasteiger partial charge in [-0.3, -0.25) is 14.9 Å². The number of nitro groups is 1. The van der Waals surface area contributed by atoms with E-state index < -0.39 is 10.8 Å². The van der Waals surface area contributed by atoms with Gasteiger partial charge in [-0.1, -0.05) is 18.2 Å². The molecule has 0 aliphatic rings. The van der Waals surface area contributed by atoms with Crippen molar-refractivity contribution in [3.8, 4) is 0 Å². The van der Waals surface area contributed by atoms with Crippen molar-refractivity contribution in [2.75, 3.05) is 0 Å². The van der Waals surface area contributed by atoms with Crippen LogP contribution in [0.3, 0.4) is 0 Å². The lowest BCUT2D eigenvalue weighted by molar-refractivity contribution is -0.384. The summed E-state index contributed by atoms with van der Waals surface area (Å²) in [6.45, 7) is 0.224. The largest absolute Gasteiger partial charge is 0.348 e. The van der Waals surface area contributed by atoms with E-state index in [0.29, 0.717) is 0 Å². The van der Waals surface area contributed by atoms with Crippen LogP contribution in [0.4, 0.5) is 10.1 Å². The molecular formula is C14H11FN2O3. The van der Waals surface area contributed by atoms with E-state index in [4.69, 9.17) is 0 Å². The molecule has 2 rings (SSSR count). The molecule has 1 N–H and O–H groups in total. The van der Waals surface area contributed by atoms with Crippen molar-refractivity contribution in [1.29, 1.82) is 0 Å². The molecule has 0 aliphatic carbocycles. The van der Waals surface area contributed by atoms with E-state index in [-0.39, 0.29) is 23.6 Å². The zero-order valence-electron chi connectivity index (χ0n) is 10.4. The van der Waals surface area contributed by atoms with Crippen molar-refractivity contribution in [2.45, 2.75) is 6.54 Å². The maximum absolute atomic E-state index is 12.7. The summed E-state index contributed by atoms with van der Waals surface area (Å²) in [5.74, 6) is -0.767. The molecule has 2 aromatic rings. The molecule has 1 amide bonds. The highest BCUT2D eigenvalue weighted by Crippen LogP contribution is 2.13. The van der Waals surface area contributed by atoms with Crippen LogP contribution in [0.25, 0.3) is 0 Å². The zero-order chi connectivity index (χ0) is 14.5. The topological polar surface area (TPSA) is 72.2 Å². The number of halogens is 1. The zero-order valence-corrected chi connectivity index (χ0v) is 10.4. The van der Waals surface area contributed by atoms with Gasteiger partial charge in [-0.25, -0.2) is 4.39 Å². The molecule has 0 radical (unpaired) electrons. The van der Waals surface area contributed by atoms with Crippen molar-refractivity contribution >= 4 is 11.6 Å². The van der Waals surface area contributed by atoms with E-state index in [0.717, 1.165) is 5.56 Å². The molecule has 0 saturated carbocycles. The molecule has 102 valence electrons. The molecule has 0 saturated heterocycles. The Labute approximate surface area is 114 Å². The number of non-ortho nitro benzene ring substituents is 1. The first-order valence-corrected chi connectivity index (χ1v) is 5.83. The lowest BCUT2D eigenvalue weighted by Crippen LogP contribution is -2.22. The van der Waals surface area contributed by atoms with Crippen molar-refractivity contribution in [1.82, 2.24) is 5.32 Å². The van der Waals surface area contributed by atoms with Crippen molar-refractivity contribution < 1.29 is 14.1 Å². The van der Waals surface area contributed by atoms with E-state index in [1.54, 1.807) is 12.1 Å². The summed E-state index contributed by atoms with van der Waals surface area (Å²) in [7, 11) is 0. The Hall–Kier alpha value is -2.76. The molecule has 2 aromatic carbocycles. The number of nitro benzene ring substituents is 1. The number of benzene rings is 2. The fourth-order valence-corrected chi connectivity index (χ4v) is 1.65. The Morgan fingerprint density at radius 3 is 2.55 bits per heavy atom. The maximum atomic E-state index is 12.7. The van der Waals surface area contributed by atoms with E-state index >= 15 is 0 Å². The van der Waals surface area contributed by atoms with Crippen LogP contribution in [0.2, 0.25) is 0 Å². The van der Waals surface area contributed by atoms with Crippen LogP contribution < -0.4 is 5.32 Å². The van der Waals surface area contributed by atoms with Crippen LogP contribution in [-0.4, -0.2) is 10.8 Å². The highest BCUT2D eigenvalue weighted by Gasteiger charge is 2.11. The van der Waals surface area contributed by atoms with Gasteiger partial charge in [0, 0.05) is 24.2 Å². The number of hydrogen-bond acceptors (Lipinski definition) is 3. The number of nitrogens with zero attached hydrogens (tertiary/aromatic N) is 1. The Bertz CT molecular complexity index is 641. The van der Waals surface area contributed by atoms with Crippen molar-refractivity contribution in [3.63, 3.8) is 0 Å². The van der Waals surface area contributed by atoms with E-state index in [1.807, 2.05) is 0 Å². The number of carbonyl (C=O) groups excluding carboxylic acids is 1. The Kier molecular flexibility index (Phi) is 4.05. The first-order chi connectivity index (χ1) is 9.56. The predicted octanol–water partition coefficient (Wildman–Crippen LogP) is 2.66. The summed E-state index contributed by atoms with van der Waals surface area (Å²) in [6.07, 6.45) is 0. The molecule has 0 heterocycles. The van der Waals surface area contributed by atoms with E-state index in [2.05, 4.69) is 5.32 Å². The molecular weight excluding hydrogens is 263 g/mol. The molecule has 0 aliphatic heterocycles. The summed E-state index contributed by atoms with van der Waals surface area (Å²) in [5, 5.41) is 13.2. The van der Waals surface area contributed by atoms with Crippen molar-refractivity contribution in [2.24, 2.45) is 0 Å². The van der Waals surface area contributed by atoms with Gasteiger partial charge >= 0.3 is 0 Å². The average molecular weight is 274 g/mol. The number of hydrogen-bond donors (Lipinski definition) is 1. The molecule has 0 atom stereocenters. The van der Waals surface area contributed by atoms with Gasteiger partial charge in [0.05, 0.1) is 4.92 Å². The second-order valence-corrected chi connectivity index (χ2v) is 4.12. The van der Waals surface area contributed by atoms with Crippen LogP contribution in [0.15, 0.2) is 48.5 Å². The smallest absolute Gasteiger partial charge is 0.270 e. The highest BCUT2D eigenvalue weighted by molar-refractivity contribution is 5.94. The van der Waals surface area contributed by atoms with E-state index in [9.17, 15) is 19.3 Å². The van der Waals surface area contributed by atoms with Gasteiger partial charge in [-0.05, 0) is 23.8 Å². The van der Waals surface area contributed by atoms with Crippen LogP contribution >= 0.6 is 0 Å². The van der Waals surface area contributed by atoms with Crippen LogP contribution in [0, 0.1) is 15.9 Å². The minimum absolute atomic E-state index is 0.139.